The predicted molar refractivity (Wildman–Crippen MR) is 79.7 cm³/mol. The fourth-order valence-electron chi connectivity index (χ4n) is 2.10. The van der Waals surface area contributed by atoms with Crippen LogP contribution >= 0.6 is 11.3 Å². The molecule has 22 heavy (non-hydrogen) atoms. The number of nitrogens with one attached hydrogen (secondary N) is 1. The highest BCUT2D eigenvalue weighted by Gasteiger charge is 2.30. The molecule has 1 atom stereocenters. The van der Waals surface area contributed by atoms with Gasteiger partial charge in [0.2, 0.25) is 0 Å². The molecule has 0 spiro atoms. The molecule has 0 fully saturated rings. The van der Waals surface area contributed by atoms with Gasteiger partial charge in [0, 0.05) is 18.0 Å². The molecule has 0 saturated heterocycles. The van der Waals surface area contributed by atoms with E-state index in [1.54, 1.807) is 11.3 Å². The zero-order chi connectivity index (χ0) is 16.3. The Balaban J connectivity index is 1.95. The van der Waals surface area contributed by atoms with Crippen LogP contribution in [0.15, 0.2) is 24.3 Å². The monoisotopic (exact) mass is 330 g/mol. The molecule has 0 aliphatic heterocycles. The molecule has 120 valence electrons. The number of thiazole rings is 1. The number of aromatic nitrogens is 1. The number of nitrogens with zero attached hydrogens (tertiary/aromatic N) is 1. The molecule has 7 heteroatoms. The quantitative estimate of drug-likeness (QED) is 0.880. The van der Waals surface area contributed by atoms with Crippen molar-refractivity contribution >= 4 is 11.3 Å². The van der Waals surface area contributed by atoms with Crippen LogP contribution in [0.4, 0.5) is 13.2 Å². The summed E-state index contributed by atoms with van der Waals surface area (Å²) >= 11 is 1.56. The highest BCUT2D eigenvalue weighted by molar-refractivity contribution is 7.11. The third-order valence-electron chi connectivity index (χ3n) is 3.22. The lowest BCUT2D eigenvalue weighted by Gasteiger charge is -2.14. The first-order chi connectivity index (χ1) is 10.3. The number of hydrogen-bond donors (Lipinski definition) is 2. The molecule has 3 nitrogen and oxygen atoms in total. The number of alkyl halides is 3. The standard InChI is InChI=1S/C15H17F3N2OS/c1-9-14(22-10(2)20-9)8-19-7-13(21)11-4-3-5-12(6-11)15(16,17)18/h3-6,13,19,21H,7-8H2,1-2H3. The van der Waals surface area contributed by atoms with Gasteiger partial charge in [-0.15, -0.1) is 11.3 Å². The number of benzene rings is 1. The Morgan fingerprint density at radius 3 is 2.64 bits per heavy atom. The van der Waals surface area contributed by atoms with Crippen LogP contribution in [0, 0.1) is 13.8 Å². The normalized spacial score (nSPS) is 13.4. The molecule has 2 rings (SSSR count). The molecular formula is C15H17F3N2OS. The summed E-state index contributed by atoms with van der Waals surface area (Å²) < 4.78 is 37.9. The van der Waals surface area contributed by atoms with Crippen molar-refractivity contribution < 1.29 is 18.3 Å². The number of aryl methyl sites for hydroxylation is 2. The summed E-state index contributed by atoms with van der Waals surface area (Å²) in [5, 5.41) is 14.0. The smallest absolute Gasteiger partial charge is 0.387 e. The minimum Gasteiger partial charge on any atom is -0.387 e. The molecule has 0 amide bonds. The van der Waals surface area contributed by atoms with Crippen molar-refractivity contribution in [2.45, 2.75) is 32.7 Å². The number of aliphatic hydroxyl groups excluding tert-OH is 1. The maximum Gasteiger partial charge on any atom is 0.416 e. The van der Waals surface area contributed by atoms with Crippen molar-refractivity contribution in [3.05, 3.63) is 51.0 Å². The zero-order valence-electron chi connectivity index (χ0n) is 12.2. The van der Waals surface area contributed by atoms with E-state index in [0.717, 1.165) is 27.7 Å². The van der Waals surface area contributed by atoms with Crippen molar-refractivity contribution in [2.75, 3.05) is 6.54 Å². The van der Waals surface area contributed by atoms with E-state index in [1.807, 2.05) is 13.8 Å². The van der Waals surface area contributed by atoms with Crippen molar-refractivity contribution in [3.63, 3.8) is 0 Å². The van der Waals surface area contributed by atoms with Crippen molar-refractivity contribution in [2.24, 2.45) is 0 Å². The van der Waals surface area contributed by atoms with E-state index in [2.05, 4.69) is 10.3 Å². The van der Waals surface area contributed by atoms with Crippen LogP contribution in [0.5, 0.6) is 0 Å². The van der Waals surface area contributed by atoms with E-state index in [4.69, 9.17) is 0 Å². The molecule has 0 radical (unpaired) electrons. The van der Waals surface area contributed by atoms with E-state index in [1.165, 1.54) is 12.1 Å². The first-order valence-corrected chi connectivity index (χ1v) is 7.58. The molecule has 1 heterocycles. The molecule has 1 aromatic heterocycles. The number of halogens is 3. The summed E-state index contributed by atoms with van der Waals surface area (Å²) in [6.07, 6.45) is -5.39. The highest BCUT2D eigenvalue weighted by Crippen LogP contribution is 2.30. The fourth-order valence-corrected chi connectivity index (χ4v) is 3.01. The maximum atomic E-state index is 12.6. The number of aliphatic hydroxyl groups is 1. The van der Waals surface area contributed by atoms with Crippen LogP contribution in [-0.4, -0.2) is 16.6 Å². The van der Waals surface area contributed by atoms with Gasteiger partial charge in [0.15, 0.2) is 0 Å². The Bertz CT molecular complexity index is 640. The molecule has 2 aromatic rings. The van der Waals surface area contributed by atoms with E-state index in [0.29, 0.717) is 6.54 Å². The van der Waals surface area contributed by atoms with Crippen molar-refractivity contribution in [1.82, 2.24) is 10.3 Å². The number of hydrogen-bond acceptors (Lipinski definition) is 4. The van der Waals surface area contributed by atoms with Crippen LogP contribution < -0.4 is 5.32 Å². The van der Waals surface area contributed by atoms with Crippen LogP contribution in [0.2, 0.25) is 0 Å². The van der Waals surface area contributed by atoms with Crippen molar-refractivity contribution in [1.29, 1.82) is 0 Å². The minimum absolute atomic E-state index is 0.178. The Hall–Kier alpha value is -1.44. The summed E-state index contributed by atoms with van der Waals surface area (Å²) in [4.78, 5) is 5.36. The second-order valence-electron chi connectivity index (χ2n) is 5.01. The van der Waals surface area contributed by atoms with Gasteiger partial charge in [0.1, 0.15) is 0 Å². The van der Waals surface area contributed by atoms with E-state index in [-0.39, 0.29) is 12.1 Å². The third kappa shape index (κ3) is 4.28. The van der Waals surface area contributed by atoms with E-state index < -0.39 is 17.8 Å². The van der Waals surface area contributed by atoms with E-state index >= 15 is 0 Å². The van der Waals surface area contributed by atoms with Gasteiger partial charge < -0.3 is 10.4 Å². The lowest BCUT2D eigenvalue weighted by atomic mass is 10.1. The van der Waals surface area contributed by atoms with Gasteiger partial charge in [-0.1, -0.05) is 12.1 Å². The van der Waals surface area contributed by atoms with Gasteiger partial charge in [0.05, 0.1) is 22.4 Å². The van der Waals surface area contributed by atoms with E-state index in [9.17, 15) is 18.3 Å². The van der Waals surface area contributed by atoms with Gasteiger partial charge in [0.25, 0.3) is 0 Å². The predicted octanol–water partition coefficient (Wildman–Crippen LogP) is 3.60. The molecule has 0 aliphatic rings. The Kier molecular flexibility index (Phi) is 5.20. The first kappa shape index (κ1) is 16.9. The summed E-state index contributed by atoms with van der Waals surface area (Å²) in [6, 6.07) is 4.77. The average Bonchev–Trinajstić information content (AvgIpc) is 2.76. The van der Waals surface area contributed by atoms with Crippen LogP contribution in [0.3, 0.4) is 0 Å². The van der Waals surface area contributed by atoms with Gasteiger partial charge in [-0.3, -0.25) is 0 Å². The fraction of sp³-hybridized carbons (Fsp3) is 0.400. The lowest BCUT2D eigenvalue weighted by molar-refractivity contribution is -0.137. The molecule has 0 bridgehead atoms. The highest BCUT2D eigenvalue weighted by atomic mass is 32.1. The molecule has 0 saturated carbocycles. The third-order valence-corrected chi connectivity index (χ3v) is 4.29. The Labute approximate surface area is 130 Å². The summed E-state index contributed by atoms with van der Waals surface area (Å²) in [7, 11) is 0. The lowest BCUT2D eigenvalue weighted by Crippen LogP contribution is -2.21. The molecule has 1 aromatic carbocycles. The van der Waals surface area contributed by atoms with Crippen molar-refractivity contribution in [3.8, 4) is 0 Å². The second-order valence-corrected chi connectivity index (χ2v) is 6.30. The summed E-state index contributed by atoms with van der Waals surface area (Å²) in [5.41, 5.74) is 0.432. The topological polar surface area (TPSA) is 45.2 Å². The van der Waals surface area contributed by atoms with Gasteiger partial charge in [-0.2, -0.15) is 13.2 Å². The molecule has 0 aliphatic carbocycles. The van der Waals surface area contributed by atoms with Gasteiger partial charge in [-0.05, 0) is 31.5 Å². The largest absolute Gasteiger partial charge is 0.416 e. The van der Waals surface area contributed by atoms with Crippen LogP contribution in [0.25, 0.3) is 0 Å². The second kappa shape index (κ2) is 6.76. The zero-order valence-corrected chi connectivity index (χ0v) is 13.1. The summed E-state index contributed by atoms with van der Waals surface area (Å²) in [6.45, 7) is 4.54. The molecular weight excluding hydrogens is 313 g/mol. The summed E-state index contributed by atoms with van der Waals surface area (Å²) in [5.74, 6) is 0. The maximum absolute atomic E-state index is 12.6. The molecule has 2 N–H and O–H groups in total. The van der Waals surface area contributed by atoms with Gasteiger partial charge >= 0.3 is 6.18 Å². The van der Waals surface area contributed by atoms with Gasteiger partial charge in [-0.25, -0.2) is 4.98 Å². The van der Waals surface area contributed by atoms with Crippen LogP contribution in [0.1, 0.15) is 32.8 Å². The molecule has 1 unspecified atom stereocenters. The Morgan fingerprint density at radius 1 is 1.32 bits per heavy atom. The average molecular weight is 330 g/mol. The van der Waals surface area contributed by atoms with Crippen LogP contribution in [-0.2, 0) is 12.7 Å². The minimum atomic E-state index is -4.40. The number of rotatable bonds is 5. The first-order valence-electron chi connectivity index (χ1n) is 6.76. The Morgan fingerprint density at radius 2 is 2.05 bits per heavy atom. The SMILES string of the molecule is Cc1nc(C)c(CNCC(O)c2cccc(C(F)(F)F)c2)s1.